The molecule has 0 radical (unpaired) electrons. The first kappa shape index (κ1) is 22.4. The number of hydrogen-bond donors (Lipinski definition) is 0. The van der Waals surface area contributed by atoms with Crippen LogP contribution in [0.5, 0.6) is 5.75 Å². The largest absolute Gasteiger partial charge is 0.491 e. The Morgan fingerprint density at radius 1 is 1.00 bits per heavy atom. The first-order valence-corrected chi connectivity index (χ1v) is 11.0. The SMILES string of the molecule is CCCCCCCOc1ccc(C(C)CCC(CC)c2ccccn2)cc1F. The molecule has 2 aromatic rings. The van der Waals surface area contributed by atoms with Gasteiger partial charge >= 0.3 is 0 Å². The zero-order chi connectivity index (χ0) is 20.2. The molecule has 0 aliphatic rings. The van der Waals surface area contributed by atoms with Gasteiger partial charge in [0.1, 0.15) is 0 Å². The molecular weight excluding hydrogens is 349 g/mol. The van der Waals surface area contributed by atoms with Gasteiger partial charge in [0, 0.05) is 17.8 Å². The molecule has 28 heavy (non-hydrogen) atoms. The van der Waals surface area contributed by atoms with Gasteiger partial charge in [-0.1, -0.05) is 58.6 Å². The first-order chi connectivity index (χ1) is 13.7. The molecule has 154 valence electrons. The molecule has 0 N–H and O–H groups in total. The van der Waals surface area contributed by atoms with Gasteiger partial charge in [-0.25, -0.2) is 4.39 Å². The van der Waals surface area contributed by atoms with Crippen LogP contribution in [-0.2, 0) is 0 Å². The van der Waals surface area contributed by atoms with E-state index in [1.807, 2.05) is 24.4 Å². The van der Waals surface area contributed by atoms with Gasteiger partial charge in [0.2, 0.25) is 0 Å². The highest BCUT2D eigenvalue weighted by Crippen LogP contribution is 2.30. The van der Waals surface area contributed by atoms with Crippen LogP contribution >= 0.6 is 0 Å². The maximum atomic E-state index is 14.4. The van der Waals surface area contributed by atoms with Crippen molar-refractivity contribution in [2.45, 2.75) is 84.0 Å². The topological polar surface area (TPSA) is 22.1 Å². The van der Waals surface area contributed by atoms with Crippen molar-refractivity contribution in [1.29, 1.82) is 0 Å². The quantitative estimate of drug-likeness (QED) is 0.330. The van der Waals surface area contributed by atoms with Crippen LogP contribution in [-0.4, -0.2) is 11.6 Å². The van der Waals surface area contributed by atoms with Crippen molar-refractivity contribution < 1.29 is 9.13 Å². The average Bonchev–Trinajstić information content (AvgIpc) is 2.72. The average molecular weight is 386 g/mol. The Hall–Kier alpha value is -1.90. The molecule has 2 unspecified atom stereocenters. The summed E-state index contributed by atoms with van der Waals surface area (Å²) >= 11 is 0. The van der Waals surface area contributed by atoms with Gasteiger partial charge in [0.15, 0.2) is 11.6 Å². The number of rotatable bonds is 13. The monoisotopic (exact) mass is 385 g/mol. The maximum Gasteiger partial charge on any atom is 0.165 e. The summed E-state index contributed by atoms with van der Waals surface area (Å²) in [7, 11) is 0. The second kappa shape index (κ2) is 12.5. The summed E-state index contributed by atoms with van der Waals surface area (Å²) in [6.07, 6.45) is 10.9. The fourth-order valence-electron chi connectivity index (χ4n) is 3.62. The fourth-order valence-corrected chi connectivity index (χ4v) is 3.62. The summed E-state index contributed by atoms with van der Waals surface area (Å²) in [6, 6.07) is 11.6. The molecule has 2 nitrogen and oxygen atoms in total. The van der Waals surface area contributed by atoms with Crippen molar-refractivity contribution >= 4 is 0 Å². The molecule has 1 heterocycles. The van der Waals surface area contributed by atoms with E-state index in [-0.39, 0.29) is 5.82 Å². The Bertz CT molecular complexity index is 674. The molecule has 0 saturated carbocycles. The van der Waals surface area contributed by atoms with E-state index in [0.29, 0.717) is 24.2 Å². The number of unbranched alkanes of at least 4 members (excludes halogenated alkanes) is 4. The van der Waals surface area contributed by atoms with Crippen LogP contribution < -0.4 is 4.74 Å². The number of benzene rings is 1. The van der Waals surface area contributed by atoms with Crippen molar-refractivity contribution in [2.75, 3.05) is 6.61 Å². The maximum absolute atomic E-state index is 14.4. The summed E-state index contributed by atoms with van der Waals surface area (Å²) in [5, 5.41) is 0. The van der Waals surface area contributed by atoms with E-state index in [2.05, 4.69) is 31.8 Å². The van der Waals surface area contributed by atoms with E-state index in [9.17, 15) is 4.39 Å². The normalized spacial score (nSPS) is 13.3. The molecule has 0 aliphatic heterocycles. The second-order valence-electron chi connectivity index (χ2n) is 7.79. The van der Waals surface area contributed by atoms with Crippen LogP contribution in [0.2, 0.25) is 0 Å². The van der Waals surface area contributed by atoms with Gasteiger partial charge in [-0.2, -0.15) is 0 Å². The summed E-state index contributed by atoms with van der Waals surface area (Å²) in [5.41, 5.74) is 2.20. The summed E-state index contributed by atoms with van der Waals surface area (Å²) < 4.78 is 20.1. The summed E-state index contributed by atoms with van der Waals surface area (Å²) in [6.45, 7) is 7.18. The van der Waals surface area contributed by atoms with Crippen LogP contribution in [0.25, 0.3) is 0 Å². The molecule has 3 heteroatoms. The number of nitrogens with zero attached hydrogens (tertiary/aromatic N) is 1. The zero-order valence-corrected chi connectivity index (χ0v) is 17.8. The van der Waals surface area contributed by atoms with Gasteiger partial charge in [-0.05, 0) is 61.4 Å². The van der Waals surface area contributed by atoms with Gasteiger partial charge in [-0.15, -0.1) is 0 Å². The highest BCUT2D eigenvalue weighted by molar-refractivity contribution is 5.31. The number of hydrogen-bond acceptors (Lipinski definition) is 2. The number of aromatic nitrogens is 1. The van der Waals surface area contributed by atoms with Gasteiger partial charge in [0.25, 0.3) is 0 Å². The van der Waals surface area contributed by atoms with E-state index in [1.165, 1.54) is 19.3 Å². The molecule has 0 bridgehead atoms. The third kappa shape index (κ3) is 7.26. The van der Waals surface area contributed by atoms with Gasteiger partial charge < -0.3 is 4.74 Å². The lowest BCUT2D eigenvalue weighted by atomic mass is 9.89. The minimum Gasteiger partial charge on any atom is -0.491 e. The Morgan fingerprint density at radius 3 is 2.50 bits per heavy atom. The lowest BCUT2D eigenvalue weighted by Gasteiger charge is -2.18. The Morgan fingerprint density at radius 2 is 1.82 bits per heavy atom. The molecule has 0 fully saturated rings. The highest BCUT2D eigenvalue weighted by atomic mass is 19.1. The molecule has 0 saturated heterocycles. The van der Waals surface area contributed by atoms with E-state index in [1.54, 1.807) is 12.1 Å². The van der Waals surface area contributed by atoms with Crippen molar-refractivity contribution in [3.8, 4) is 5.75 Å². The lowest BCUT2D eigenvalue weighted by molar-refractivity contribution is 0.290. The minimum atomic E-state index is -0.241. The summed E-state index contributed by atoms with van der Waals surface area (Å²) in [5.74, 6) is 0.917. The minimum absolute atomic E-state index is 0.241. The van der Waals surface area contributed by atoms with Crippen LogP contribution in [0.3, 0.4) is 0 Å². The molecule has 2 rings (SSSR count). The molecule has 1 aromatic carbocycles. The number of pyridine rings is 1. The zero-order valence-electron chi connectivity index (χ0n) is 17.8. The lowest BCUT2D eigenvalue weighted by Crippen LogP contribution is -2.04. The molecular formula is C25H36FNO. The van der Waals surface area contributed by atoms with Crippen molar-refractivity contribution in [1.82, 2.24) is 4.98 Å². The molecule has 0 spiro atoms. The van der Waals surface area contributed by atoms with E-state index in [4.69, 9.17) is 4.74 Å². The van der Waals surface area contributed by atoms with Crippen LogP contribution in [0.15, 0.2) is 42.6 Å². The molecule has 1 aromatic heterocycles. The summed E-state index contributed by atoms with van der Waals surface area (Å²) in [4.78, 5) is 4.50. The number of halogens is 1. The molecule has 0 amide bonds. The third-order valence-corrected chi connectivity index (χ3v) is 5.58. The smallest absolute Gasteiger partial charge is 0.165 e. The Kier molecular flexibility index (Phi) is 10.0. The first-order valence-electron chi connectivity index (χ1n) is 11.0. The number of ether oxygens (including phenoxy) is 1. The molecule has 2 atom stereocenters. The third-order valence-electron chi connectivity index (χ3n) is 5.58. The second-order valence-corrected chi connectivity index (χ2v) is 7.79. The van der Waals surface area contributed by atoms with E-state index < -0.39 is 0 Å². The van der Waals surface area contributed by atoms with Crippen LogP contribution in [0.1, 0.15) is 95.2 Å². The van der Waals surface area contributed by atoms with Gasteiger partial charge in [0.05, 0.1) is 6.61 Å². The highest BCUT2D eigenvalue weighted by Gasteiger charge is 2.15. The Labute approximate surface area is 170 Å². The van der Waals surface area contributed by atoms with Crippen molar-refractivity contribution in [2.24, 2.45) is 0 Å². The Balaban J connectivity index is 1.83. The van der Waals surface area contributed by atoms with E-state index in [0.717, 1.165) is 43.4 Å². The predicted molar refractivity (Wildman–Crippen MR) is 116 cm³/mol. The molecule has 0 aliphatic carbocycles. The van der Waals surface area contributed by atoms with Crippen LogP contribution in [0, 0.1) is 5.82 Å². The predicted octanol–water partition coefficient (Wildman–Crippen LogP) is 7.65. The van der Waals surface area contributed by atoms with Gasteiger partial charge in [-0.3, -0.25) is 4.98 Å². The fraction of sp³-hybridized carbons (Fsp3) is 0.560. The van der Waals surface area contributed by atoms with E-state index >= 15 is 0 Å². The van der Waals surface area contributed by atoms with Crippen molar-refractivity contribution in [3.05, 3.63) is 59.7 Å². The van der Waals surface area contributed by atoms with Crippen LogP contribution in [0.4, 0.5) is 4.39 Å². The van der Waals surface area contributed by atoms with Crippen molar-refractivity contribution in [3.63, 3.8) is 0 Å². The standard InChI is InChI=1S/C25H36FNO/c1-4-6-7-8-11-18-28-25-16-15-22(19-23(25)26)20(3)13-14-21(5-2)24-12-9-10-17-27-24/h9-10,12,15-17,19-21H,4-8,11,13-14,18H2,1-3H3.